The van der Waals surface area contributed by atoms with Gasteiger partial charge in [0, 0.05) is 50.7 Å². The first kappa shape index (κ1) is 18.8. The summed E-state index contributed by atoms with van der Waals surface area (Å²) in [5, 5.41) is 5.98. The van der Waals surface area contributed by atoms with Crippen molar-refractivity contribution in [3.8, 4) is 0 Å². The van der Waals surface area contributed by atoms with Crippen molar-refractivity contribution < 1.29 is 9.59 Å². The molecule has 142 valence electrons. The number of rotatable bonds is 5. The number of nitrogens with zero attached hydrogens (tertiary/aromatic N) is 3. The van der Waals surface area contributed by atoms with Gasteiger partial charge in [-0.25, -0.2) is 0 Å². The molecule has 0 unspecified atom stereocenters. The van der Waals surface area contributed by atoms with E-state index in [0.717, 1.165) is 49.8 Å². The summed E-state index contributed by atoms with van der Waals surface area (Å²) in [6.45, 7) is 7.94. The van der Waals surface area contributed by atoms with Crippen molar-refractivity contribution in [1.29, 1.82) is 0 Å². The van der Waals surface area contributed by atoms with Crippen molar-refractivity contribution in [2.75, 3.05) is 43.4 Å². The molecule has 2 N–H and O–H groups in total. The Morgan fingerprint density at radius 3 is 2.30 bits per heavy atom. The second-order valence-corrected chi connectivity index (χ2v) is 6.57. The molecule has 0 atom stereocenters. The molecular weight excluding hydrogens is 342 g/mol. The number of anilines is 3. The number of hydrogen-bond donors (Lipinski definition) is 2. The normalized spacial score (nSPS) is 14.7. The first-order chi connectivity index (χ1) is 13.0. The Hall–Kier alpha value is -2.93. The van der Waals surface area contributed by atoms with Crippen LogP contribution in [0.5, 0.6) is 0 Å². The maximum atomic E-state index is 12.7. The van der Waals surface area contributed by atoms with Gasteiger partial charge < -0.3 is 20.4 Å². The van der Waals surface area contributed by atoms with Crippen LogP contribution in [0.2, 0.25) is 0 Å². The van der Waals surface area contributed by atoms with Crippen LogP contribution in [-0.4, -0.2) is 59.3 Å². The number of benzene rings is 1. The predicted molar refractivity (Wildman–Crippen MR) is 106 cm³/mol. The van der Waals surface area contributed by atoms with E-state index in [0.29, 0.717) is 5.56 Å². The fourth-order valence-electron chi connectivity index (χ4n) is 3.08. The quantitative estimate of drug-likeness (QED) is 0.849. The number of piperazine rings is 1. The SMILES string of the molecule is CCN1CCN(C(=O)c2cncc(Nc3ccc(NC(C)=O)cc3)c2)CC1. The third-order valence-corrected chi connectivity index (χ3v) is 4.59. The third kappa shape index (κ3) is 5.04. The highest BCUT2D eigenvalue weighted by Crippen LogP contribution is 2.20. The van der Waals surface area contributed by atoms with E-state index >= 15 is 0 Å². The van der Waals surface area contributed by atoms with Crippen LogP contribution in [0.25, 0.3) is 0 Å². The third-order valence-electron chi connectivity index (χ3n) is 4.59. The summed E-state index contributed by atoms with van der Waals surface area (Å²) in [7, 11) is 0. The van der Waals surface area contributed by atoms with Crippen molar-refractivity contribution >= 4 is 28.9 Å². The molecule has 1 aliphatic rings. The van der Waals surface area contributed by atoms with Gasteiger partial charge in [-0.15, -0.1) is 0 Å². The zero-order valence-electron chi connectivity index (χ0n) is 15.7. The Morgan fingerprint density at radius 1 is 1.00 bits per heavy atom. The Morgan fingerprint density at radius 2 is 1.67 bits per heavy atom. The molecular formula is C20H25N5O2. The van der Waals surface area contributed by atoms with Gasteiger partial charge in [0.05, 0.1) is 17.4 Å². The molecule has 1 aliphatic heterocycles. The standard InChI is InChI=1S/C20H25N5O2/c1-3-24-8-10-25(11-9-24)20(27)16-12-19(14-21-13-16)23-18-6-4-17(5-7-18)22-15(2)26/h4-7,12-14,23H,3,8-11H2,1-2H3,(H,22,26). The molecule has 1 saturated heterocycles. The van der Waals surface area contributed by atoms with Crippen LogP contribution in [0.15, 0.2) is 42.7 Å². The van der Waals surface area contributed by atoms with E-state index in [1.807, 2.05) is 35.2 Å². The lowest BCUT2D eigenvalue weighted by Gasteiger charge is -2.34. The van der Waals surface area contributed by atoms with Crippen LogP contribution >= 0.6 is 0 Å². The van der Waals surface area contributed by atoms with Gasteiger partial charge in [0.1, 0.15) is 0 Å². The molecule has 7 nitrogen and oxygen atoms in total. The molecule has 27 heavy (non-hydrogen) atoms. The van der Waals surface area contributed by atoms with Gasteiger partial charge in [0.25, 0.3) is 5.91 Å². The summed E-state index contributed by atoms with van der Waals surface area (Å²) in [6, 6.07) is 9.19. The van der Waals surface area contributed by atoms with Crippen LogP contribution in [0.3, 0.4) is 0 Å². The Bertz CT molecular complexity index is 798. The second-order valence-electron chi connectivity index (χ2n) is 6.57. The molecule has 2 amide bonds. The highest BCUT2D eigenvalue weighted by atomic mass is 16.2. The number of aromatic nitrogens is 1. The first-order valence-electron chi connectivity index (χ1n) is 9.16. The Kier molecular flexibility index (Phi) is 6.03. The summed E-state index contributed by atoms with van der Waals surface area (Å²) in [5.41, 5.74) is 2.92. The molecule has 0 bridgehead atoms. The minimum Gasteiger partial charge on any atom is -0.354 e. The summed E-state index contributed by atoms with van der Waals surface area (Å²) in [6.07, 6.45) is 3.30. The van der Waals surface area contributed by atoms with Gasteiger partial charge in [0.15, 0.2) is 0 Å². The van der Waals surface area contributed by atoms with Crippen molar-refractivity contribution in [2.24, 2.45) is 0 Å². The molecule has 0 spiro atoms. The number of carbonyl (C=O) groups excluding carboxylic acids is 2. The Balaban J connectivity index is 1.65. The molecule has 1 aromatic carbocycles. The van der Waals surface area contributed by atoms with Crippen molar-refractivity contribution in [3.63, 3.8) is 0 Å². The summed E-state index contributed by atoms with van der Waals surface area (Å²) < 4.78 is 0. The van der Waals surface area contributed by atoms with Crippen LogP contribution < -0.4 is 10.6 Å². The number of nitrogens with one attached hydrogen (secondary N) is 2. The maximum absolute atomic E-state index is 12.7. The van der Waals surface area contributed by atoms with Crippen molar-refractivity contribution in [2.45, 2.75) is 13.8 Å². The largest absolute Gasteiger partial charge is 0.354 e. The molecule has 0 saturated carbocycles. The lowest BCUT2D eigenvalue weighted by Crippen LogP contribution is -2.48. The smallest absolute Gasteiger partial charge is 0.255 e. The number of carbonyl (C=O) groups is 2. The number of likely N-dealkylation sites (N-methyl/N-ethyl adjacent to an activating group) is 1. The fourth-order valence-corrected chi connectivity index (χ4v) is 3.08. The summed E-state index contributed by atoms with van der Waals surface area (Å²) in [4.78, 5) is 32.3. The molecule has 2 aromatic rings. The van der Waals surface area contributed by atoms with E-state index in [1.54, 1.807) is 12.4 Å². The zero-order valence-corrected chi connectivity index (χ0v) is 15.7. The first-order valence-corrected chi connectivity index (χ1v) is 9.16. The van der Waals surface area contributed by atoms with E-state index in [9.17, 15) is 9.59 Å². The molecule has 2 heterocycles. The highest BCUT2D eigenvalue weighted by Gasteiger charge is 2.21. The van der Waals surface area contributed by atoms with Crippen LogP contribution in [-0.2, 0) is 4.79 Å². The van der Waals surface area contributed by atoms with Crippen LogP contribution in [0.4, 0.5) is 17.1 Å². The van der Waals surface area contributed by atoms with E-state index in [-0.39, 0.29) is 11.8 Å². The monoisotopic (exact) mass is 367 g/mol. The molecule has 7 heteroatoms. The predicted octanol–water partition coefficient (Wildman–Crippen LogP) is 2.56. The van der Waals surface area contributed by atoms with Gasteiger partial charge in [-0.05, 0) is 36.9 Å². The topological polar surface area (TPSA) is 77.6 Å². The fraction of sp³-hybridized carbons (Fsp3) is 0.350. The molecule has 0 aliphatic carbocycles. The molecule has 0 radical (unpaired) electrons. The minimum absolute atomic E-state index is 0.0166. The minimum atomic E-state index is -0.106. The highest BCUT2D eigenvalue weighted by molar-refractivity contribution is 5.95. The van der Waals surface area contributed by atoms with Gasteiger partial charge in [0.2, 0.25) is 5.91 Å². The van der Waals surface area contributed by atoms with Gasteiger partial charge in [-0.3, -0.25) is 14.6 Å². The Labute approximate surface area is 159 Å². The number of pyridine rings is 1. The van der Waals surface area contributed by atoms with E-state index in [4.69, 9.17) is 0 Å². The zero-order chi connectivity index (χ0) is 19.2. The van der Waals surface area contributed by atoms with Gasteiger partial charge >= 0.3 is 0 Å². The molecule has 3 rings (SSSR count). The van der Waals surface area contributed by atoms with Crippen molar-refractivity contribution in [1.82, 2.24) is 14.8 Å². The lowest BCUT2D eigenvalue weighted by atomic mass is 10.2. The van der Waals surface area contributed by atoms with E-state index in [2.05, 4.69) is 27.4 Å². The maximum Gasteiger partial charge on any atom is 0.255 e. The number of hydrogen-bond acceptors (Lipinski definition) is 5. The average Bonchev–Trinajstić information content (AvgIpc) is 2.69. The summed E-state index contributed by atoms with van der Waals surface area (Å²) in [5.74, 6) is -0.0891. The van der Waals surface area contributed by atoms with E-state index in [1.165, 1.54) is 6.92 Å². The van der Waals surface area contributed by atoms with Gasteiger partial charge in [-0.1, -0.05) is 6.92 Å². The average molecular weight is 367 g/mol. The second kappa shape index (κ2) is 8.64. The van der Waals surface area contributed by atoms with E-state index < -0.39 is 0 Å². The summed E-state index contributed by atoms with van der Waals surface area (Å²) >= 11 is 0. The van der Waals surface area contributed by atoms with Crippen LogP contribution in [0.1, 0.15) is 24.2 Å². The van der Waals surface area contributed by atoms with Crippen molar-refractivity contribution in [3.05, 3.63) is 48.3 Å². The van der Waals surface area contributed by atoms with Crippen LogP contribution in [0, 0.1) is 0 Å². The molecule has 1 fully saturated rings. The number of amides is 2. The lowest BCUT2D eigenvalue weighted by molar-refractivity contribution is -0.114. The molecule has 1 aromatic heterocycles. The van der Waals surface area contributed by atoms with Gasteiger partial charge in [-0.2, -0.15) is 0 Å².